The molecule has 0 N–H and O–H groups in total. The summed E-state index contributed by atoms with van der Waals surface area (Å²) in [5.74, 6) is 1.14. The first-order valence-electron chi connectivity index (χ1n) is 10.8. The number of ether oxygens (including phenoxy) is 4. The summed E-state index contributed by atoms with van der Waals surface area (Å²) in [4.78, 5) is 12.2. The van der Waals surface area contributed by atoms with Crippen molar-refractivity contribution < 1.29 is 32.0 Å². The molecule has 0 fully saturated rings. The van der Waals surface area contributed by atoms with Gasteiger partial charge in [0.15, 0.2) is 28.1 Å². The van der Waals surface area contributed by atoms with E-state index in [1.165, 1.54) is 6.08 Å². The van der Waals surface area contributed by atoms with Gasteiger partial charge in [-0.15, -0.1) is 0 Å². The lowest BCUT2D eigenvalue weighted by molar-refractivity contribution is -0.137. The van der Waals surface area contributed by atoms with E-state index in [1.54, 1.807) is 39.5 Å². The summed E-state index contributed by atoms with van der Waals surface area (Å²) in [6.45, 7) is 15.5. The highest BCUT2D eigenvalue weighted by atomic mass is 28.5. The molecule has 1 aromatic rings. The second-order valence-corrected chi connectivity index (χ2v) is 22.5. The Morgan fingerprint density at radius 2 is 1.34 bits per heavy atom. The van der Waals surface area contributed by atoms with Crippen molar-refractivity contribution >= 4 is 37.2 Å². The molecule has 0 saturated heterocycles. The van der Waals surface area contributed by atoms with Crippen LogP contribution in [0.25, 0.3) is 6.08 Å². The molecule has 32 heavy (non-hydrogen) atoms. The minimum absolute atomic E-state index is 0.325. The van der Waals surface area contributed by atoms with Gasteiger partial charge < -0.3 is 27.2 Å². The van der Waals surface area contributed by atoms with Crippen LogP contribution in [0.5, 0.6) is 17.2 Å². The number of rotatable bonds is 13. The van der Waals surface area contributed by atoms with Crippen molar-refractivity contribution in [2.24, 2.45) is 0 Å². The molecule has 7 nitrogen and oxygen atoms in total. The van der Waals surface area contributed by atoms with Gasteiger partial charge in [0.05, 0.1) is 27.9 Å². The highest BCUT2D eigenvalue weighted by Crippen LogP contribution is 2.38. The van der Waals surface area contributed by atoms with Crippen molar-refractivity contribution in [3.05, 3.63) is 23.8 Å². The number of hydrogen-bond donors (Lipinski definition) is 0. The Labute approximate surface area is 196 Å². The van der Waals surface area contributed by atoms with E-state index >= 15 is 0 Å². The standard InChI is InChI=1S/C22H40O7Si3/c1-24-19-16-18(17-20(25-2)22(19)26-3)12-13-21(23)27-14-11-15-32(10,28-30(4,5)6)29-31(7,8)9/h12-13,16-17H,11,14-15H2,1-10H3. The number of carbonyl (C=O) groups excluding carboxylic acids is 1. The quantitative estimate of drug-likeness (QED) is 0.155. The van der Waals surface area contributed by atoms with Gasteiger partial charge in [-0.3, -0.25) is 0 Å². The predicted octanol–water partition coefficient (Wildman–Crippen LogP) is 5.43. The third kappa shape index (κ3) is 10.3. The summed E-state index contributed by atoms with van der Waals surface area (Å²) < 4.78 is 34.3. The van der Waals surface area contributed by atoms with Gasteiger partial charge in [0.25, 0.3) is 0 Å². The Morgan fingerprint density at radius 1 is 0.844 bits per heavy atom. The van der Waals surface area contributed by atoms with Crippen molar-refractivity contribution in [2.45, 2.75) is 58.3 Å². The van der Waals surface area contributed by atoms with Gasteiger partial charge in [-0.2, -0.15) is 0 Å². The lowest BCUT2D eigenvalue weighted by Crippen LogP contribution is -2.52. The molecule has 0 amide bonds. The largest absolute Gasteiger partial charge is 0.493 e. The molecule has 0 spiro atoms. The Morgan fingerprint density at radius 3 is 1.75 bits per heavy atom. The topological polar surface area (TPSA) is 72.5 Å². The maximum atomic E-state index is 12.2. The van der Waals surface area contributed by atoms with Gasteiger partial charge in [-0.1, -0.05) is 0 Å². The molecule has 0 aliphatic heterocycles. The van der Waals surface area contributed by atoms with E-state index in [0.717, 1.165) is 11.6 Å². The SMILES string of the molecule is COc1cc(C=CC(=O)OCCC[Si](C)(O[Si](C)(C)C)O[Si](C)(C)C)cc(OC)c1OC. The number of esters is 1. The van der Waals surface area contributed by atoms with E-state index in [0.29, 0.717) is 30.3 Å². The fourth-order valence-corrected chi connectivity index (χ4v) is 15.9. The summed E-state index contributed by atoms with van der Waals surface area (Å²) in [7, 11) is -1.15. The Balaban J connectivity index is 2.70. The van der Waals surface area contributed by atoms with Gasteiger partial charge in [0, 0.05) is 6.08 Å². The zero-order chi connectivity index (χ0) is 24.6. The van der Waals surface area contributed by atoms with E-state index in [2.05, 4.69) is 45.8 Å². The van der Waals surface area contributed by atoms with Crippen LogP contribution in [0.3, 0.4) is 0 Å². The monoisotopic (exact) mass is 500 g/mol. The molecule has 0 aliphatic rings. The van der Waals surface area contributed by atoms with Crippen molar-refractivity contribution in [2.75, 3.05) is 27.9 Å². The minimum atomic E-state index is -2.32. The smallest absolute Gasteiger partial charge is 0.330 e. The Hall–Kier alpha value is -1.60. The van der Waals surface area contributed by atoms with Crippen LogP contribution < -0.4 is 14.2 Å². The van der Waals surface area contributed by atoms with Crippen LogP contribution in [-0.2, 0) is 17.8 Å². The second kappa shape index (κ2) is 12.0. The van der Waals surface area contributed by atoms with Crippen molar-refractivity contribution in [3.8, 4) is 17.2 Å². The first-order valence-corrected chi connectivity index (χ1v) is 20.1. The lowest BCUT2D eigenvalue weighted by Gasteiger charge is -2.38. The molecule has 0 heterocycles. The van der Waals surface area contributed by atoms with Crippen molar-refractivity contribution in [1.82, 2.24) is 0 Å². The summed E-state index contributed by atoms with van der Waals surface area (Å²) in [5, 5.41) is 0. The Bertz CT molecular complexity index is 742. The average Bonchev–Trinajstić information content (AvgIpc) is 2.65. The minimum Gasteiger partial charge on any atom is -0.493 e. The zero-order valence-electron chi connectivity index (χ0n) is 21.3. The number of hydrogen-bond acceptors (Lipinski definition) is 7. The molecule has 0 aliphatic carbocycles. The normalized spacial score (nSPS) is 12.7. The van der Waals surface area contributed by atoms with Crippen LogP contribution in [0.2, 0.25) is 51.9 Å². The molecule has 0 saturated carbocycles. The first kappa shape index (κ1) is 28.4. The van der Waals surface area contributed by atoms with Gasteiger partial charge in [0.2, 0.25) is 5.75 Å². The maximum absolute atomic E-state index is 12.2. The van der Waals surface area contributed by atoms with Crippen molar-refractivity contribution in [3.63, 3.8) is 0 Å². The van der Waals surface area contributed by atoms with Gasteiger partial charge >= 0.3 is 14.5 Å². The van der Waals surface area contributed by atoms with E-state index < -0.39 is 31.2 Å². The average molecular weight is 501 g/mol. The third-order valence-corrected chi connectivity index (χ3v) is 13.8. The number of methoxy groups -OCH3 is 3. The molecule has 10 heteroatoms. The summed E-state index contributed by atoms with van der Waals surface area (Å²) >= 11 is 0. The second-order valence-electron chi connectivity index (χ2n) is 9.63. The fourth-order valence-electron chi connectivity index (χ4n) is 3.39. The maximum Gasteiger partial charge on any atom is 0.330 e. The van der Waals surface area contributed by atoms with E-state index in [1.807, 2.05) is 0 Å². The van der Waals surface area contributed by atoms with Crippen LogP contribution in [0.1, 0.15) is 12.0 Å². The summed E-state index contributed by atoms with van der Waals surface area (Å²) in [5.41, 5.74) is 0.739. The number of carbonyl (C=O) groups is 1. The third-order valence-electron chi connectivity index (χ3n) is 4.16. The molecule has 1 rings (SSSR count). The zero-order valence-corrected chi connectivity index (χ0v) is 24.3. The summed E-state index contributed by atoms with van der Waals surface area (Å²) in [6.07, 6.45) is 3.77. The lowest BCUT2D eigenvalue weighted by atomic mass is 10.1. The molecule has 0 radical (unpaired) electrons. The molecule has 0 unspecified atom stereocenters. The molecule has 0 atom stereocenters. The van der Waals surface area contributed by atoms with Crippen molar-refractivity contribution in [1.29, 1.82) is 0 Å². The first-order chi connectivity index (χ1) is 14.7. The molecular weight excluding hydrogens is 460 g/mol. The van der Waals surface area contributed by atoms with Crippen LogP contribution >= 0.6 is 0 Å². The van der Waals surface area contributed by atoms with E-state index in [9.17, 15) is 4.79 Å². The number of benzene rings is 1. The van der Waals surface area contributed by atoms with Gasteiger partial charge in [0.1, 0.15) is 0 Å². The summed E-state index contributed by atoms with van der Waals surface area (Å²) in [6, 6.07) is 4.33. The highest BCUT2D eigenvalue weighted by molar-refractivity contribution is 6.87. The van der Waals surface area contributed by atoms with E-state index in [4.69, 9.17) is 27.2 Å². The van der Waals surface area contributed by atoms with Gasteiger partial charge in [-0.05, 0) is 82.1 Å². The van der Waals surface area contributed by atoms with Crippen LogP contribution in [0.15, 0.2) is 18.2 Å². The highest BCUT2D eigenvalue weighted by Gasteiger charge is 2.39. The molecular formula is C22H40O7Si3. The Kier molecular flexibility index (Phi) is 10.7. The van der Waals surface area contributed by atoms with Crippen LogP contribution in [0.4, 0.5) is 0 Å². The van der Waals surface area contributed by atoms with E-state index in [-0.39, 0.29) is 0 Å². The molecule has 0 aromatic heterocycles. The van der Waals surface area contributed by atoms with Crippen LogP contribution in [0, 0.1) is 0 Å². The van der Waals surface area contributed by atoms with Gasteiger partial charge in [-0.25, -0.2) is 4.79 Å². The van der Waals surface area contributed by atoms with Crippen LogP contribution in [-0.4, -0.2) is 59.1 Å². The molecule has 0 bridgehead atoms. The fraction of sp³-hybridized carbons (Fsp3) is 0.591. The molecule has 1 aromatic carbocycles. The predicted molar refractivity (Wildman–Crippen MR) is 136 cm³/mol. The molecule has 182 valence electrons.